The molecular formula is C22H19ClN2O4. The number of aliphatic hydroxyl groups is 1. The van der Waals surface area contributed by atoms with Crippen molar-refractivity contribution >= 4 is 23.0 Å². The summed E-state index contributed by atoms with van der Waals surface area (Å²) in [5, 5.41) is 20.3. The lowest BCUT2D eigenvalue weighted by Gasteiger charge is -2.22. The molecule has 6 nitrogen and oxygen atoms in total. The van der Waals surface area contributed by atoms with Crippen LogP contribution in [0.2, 0.25) is 5.02 Å². The van der Waals surface area contributed by atoms with E-state index in [-0.39, 0.29) is 0 Å². The van der Waals surface area contributed by atoms with Gasteiger partial charge in [-0.1, -0.05) is 23.7 Å². The first kappa shape index (κ1) is 19.2. The Morgan fingerprint density at radius 1 is 0.931 bits per heavy atom. The summed E-state index contributed by atoms with van der Waals surface area (Å²) in [5.74, 6) is 1.86. The van der Waals surface area contributed by atoms with Crippen LogP contribution in [-0.2, 0) is 0 Å². The third kappa shape index (κ3) is 4.34. The standard InChI is InChI=1S/C22H19ClN2O4/c1-27-17-8-2-14(3-9-17)22(26)18-12-20-21(29-11-10-28-20)13-19(18)25-24-16-6-4-15(23)5-7-16/h2-9,12-13,22,26H,10-11H2,1H3/t22-/m0/s1. The minimum absolute atomic E-state index is 0.455. The van der Waals surface area contributed by atoms with Crippen molar-refractivity contribution in [2.75, 3.05) is 20.3 Å². The van der Waals surface area contributed by atoms with Gasteiger partial charge in [-0.05, 0) is 48.0 Å². The average molecular weight is 411 g/mol. The molecule has 148 valence electrons. The van der Waals surface area contributed by atoms with Gasteiger partial charge in [0.15, 0.2) is 11.5 Å². The highest BCUT2D eigenvalue weighted by Crippen LogP contribution is 2.41. The predicted octanol–water partition coefficient (Wildman–Crippen LogP) is 5.62. The number of methoxy groups -OCH3 is 1. The van der Waals surface area contributed by atoms with Crippen LogP contribution in [0.4, 0.5) is 11.4 Å². The fourth-order valence-corrected chi connectivity index (χ4v) is 3.11. The monoisotopic (exact) mass is 410 g/mol. The molecule has 3 aromatic carbocycles. The zero-order chi connectivity index (χ0) is 20.2. The summed E-state index contributed by atoms with van der Waals surface area (Å²) in [6.45, 7) is 0.915. The molecule has 3 aromatic rings. The summed E-state index contributed by atoms with van der Waals surface area (Å²) in [6.07, 6.45) is -0.920. The first-order chi connectivity index (χ1) is 14.1. The Balaban J connectivity index is 1.72. The van der Waals surface area contributed by atoms with E-state index in [0.29, 0.717) is 58.0 Å². The Bertz CT molecular complexity index is 1020. The summed E-state index contributed by atoms with van der Waals surface area (Å²) in [4.78, 5) is 0. The van der Waals surface area contributed by atoms with Gasteiger partial charge in [-0.3, -0.25) is 0 Å². The molecule has 1 N–H and O–H groups in total. The number of hydrogen-bond acceptors (Lipinski definition) is 6. The number of fused-ring (bicyclic) bond motifs is 1. The molecular weight excluding hydrogens is 392 g/mol. The van der Waals surface area contributed by atoms with Crippen LogP contribution in [0.25, 0.3) is 0 Å². The Morgan fingerprint density at radius 2 is 1.59 bits per heavy atom. The number of benzene rings is 3. The quantitative estimate of drug-likeness (QED) is 0.554. The van der Waals surface area contributed by atoms with Crippen molar-refractivity contribution in [3.63, 3.8) is 0 Å². The van der Waals surface area contributed by atoms with Gasteiger partial charge in [-0.15, -0.1) is 0 Å². The van der Waals surface area contributed by atoms with Crippen molar-refractivity contribution in [1.29, 1.82) is 0 Å². The highest BCUT2D eigenvalue weighted by Gasteiger charge is 2.21. The molecule has 1 aliphatic heterocycles. The third-order valence-corrected chi connectivity index (χ3v) is 4.77. The van der Waals surface area contributed by atoms with E-state index >= 15 is 0 Å². The minimum atomic E-state index is -0.920. The molecule has 7 heteroatoms. The number of halogens is 1. The number of azo groups is 1. The first-order valence-electron chi connectivity index (χ1n) is 9.07. The second-order valence-corrected chi connectivity index (χ2v) is 6.84. The van der Waals surface area contributed by atoms with Crippen molar-refractivity contribution in [2.45, 2.75) is 6.10 Å². The Morgan fingerprint density at radius 3 is 2.24 bits per heavy atom. The van der Waals surface area contributed by atoms with Gasteiger partial charge in [-0.2, -0.15) is 10.2 Å². The van der Waals surface area contributed by atoms with Crippen molar-refractivity contribution in [1.82, 2.24) is 0 Å². The van der Waals surface area contributed by atoms with Crippen molar-refractivity contribution in [2.24, 2.45) is 10.2 Å². The van der Waals surface area contributed by atoms with Gasteiger partial charge >= 0.3 is 0 Å². The molecule has 4 rings (SSSR count). The maximum atomic E-state index is 11.0. The van der Waals surface area contributed by atoms with E-state index in [2.05, 4.69) is 10.2 Å². The molecule has 1 atom stereocenters. The number of ether oxygens (including phenoxy) is 3. The van der Waals surface area contributed by atoms with E-state index in [0.717, 1.165) is 0 Å². The SMILES string of the molecule is COc1ccc([C@H](O)c2cc3c(cc2N=Nc2ccc(Cl)cc2)OCCO3)cc1. The summed E-state index contributed by atoms with van der Waals surface area (Å²) < 4.78 is 16.5. The van der Waals surface area contributed by atoms with E-state index in [4.69, 9.17) is 25.8 Å². The molecule has 0 saturated carbocycles. The van der Waals surface area contributed by atoms with Gasteiger partial charge in [-0.25, -0.2) is 0 Å². The van der Waals surface area contributed by atoms with Gasteiger partial charge in [0.25, 0.3) is 0 Å². The van der Waals surface area contributed by atoms with E-state index in [1.165, 1.54) is 0 Å². The van der Waals surface area contributed by atoms with Crippen LogP contribution in [0.5, 0.6) is 17.2 Å². The molecule has 1 aliphatic rings. The second kappa shape index (κ2) is 8.51. The normalized spacial score (nSPS) is 14.0. The number of nitrogens with zero attached hydrogens (tertiary/aromatic N) is 2. The molecule has 0 amide bonds. The number of hydrogen-bond donors (Lipinski definition) is 1. The van der Waals surface area contributed by atoms with E-state index in [9.17, 15) is 5.11 Å². The molecule has 0 spiro atoms. The van der Waals surface area contributed by atoms with Crippen LogP contribution in [0.15, 0.2) is 70.9 Å². The molecule has 0 fully saturated rings. The molecule has 1 heterocycles. The lowest BCUT2D eigenvalue weighted by atomic mass is 9.99. The smallest absolute Gasteiger partial charge is 0.163 e. The fraction of sp³-hybridized carbons (Fsp3) is 0.182. The van der Waals surface area contributed by atoms with Crippen molar-refractivity contribution in [3.8, 4) is 17.2 Å². The molecule has 0 unspecified atom stereocenters. The van der Waals surface area contributed by atoms with Crippen LogP contribution in [0.1, 0.15) is 17.2 Å². The van der Waals surface area contributed by atoms with Crippen LogP contribution in [0.3, 0.4) is 0 Å². The largest absolute Gasteiger partial charge is 0.497 e. The van der Waals surface area contributed by atoms with Crippen LogP contribution >= 0.6 is 11.6 Å². The van der Waals surface area contributed by atoms with E-state index in [1.807, 2.05) is 0 Å². The zero-order valence-corrected chi connectivity index (χ0v) is 16.5. The summed E-state index contributed by atoms with van der Waals surface area (Å²) >= 11 is 5.92. The minimum Gasteiger partial charge on any atom is -0.497 e. The summed E-state index contributed by atoms with van der Waals surface area (Å²) in [7, 11) is 1.60. The van der Waals surface area contributed by atoms with Crippen LogP contribution in [0, 0.1) is 0 Å². The van der Waals surface area contributed by atoms with Gasteiger partial charge in [0, 0.05) is 16.7 Å². The lowest BCUT2D eigenvalue weighted by Crippen LogP contribution is -2.15. The Kier molecular flexibility index (Phi) is 5.64. The van der Waals surface area contributed by atoms with E-state index in [1.54, 1.807) is 67.8 Å². The maximum absolute atomic E-state index is 11.0. The molecule has 0 aliphatic carbocycles. The van der Waals surface area contributed by atoms with Gasteiger partial charge in [0.2, 0.25) is 0 Å². The van der Waals surface area contributed by atoms with Gasteiger partial charge < -0.3 is 19.3 Å². The van der Waals surface area contributed by atoms with E-state index < -0.39 is 6.10 Å². The maximum Gasteiger partial charge on any atom is 0.163 e. The first-order valence-corrected chi connectivity index (χ1v) is 9.45. The molecule has 0 aromatic heterocycles. The number of aliphatic hydroxyl groups excluding tert-OH is 1. The van der Waals surface area contributed by atoms with Crippen molar-refractivity contribution in [3.05, 3.63) is 76.8 Å². The molecule has 29 heavy (non-hydrogen) atoms. The molecule has 0 bridgehead atoms. The summed E-state index contributed by atoms with van der Waals surface area (Å²) in [6, 6.07) is 17.7. The topological polar surface area (TPSA) is 72.6 Å². The highest BCUT2D eigenvalue weighted by atomic mass is 35.5. The predicted molar refractivity (Wildman–Crippen MR) is 110 cm³/mol. The fourth-order valence-electron chi connectivity index (χ4n) is 2.98. The lowest BCUT2D eigenvalue weighted by molar-refractivity contribution is 0.170. The van der Waals surface area contributed by atoms with Gasteiger partial charge in [0.1, 0.15) is 25.1 Å². The Hall–Kier alpha value is -3.09. The zero-order valence-electron chi connectivity index (χ0n) is 15.7. The molecule has 0 radical (unpaired) electrons. The summed E-state index contributed by atoms with van der Waals surface area (Å²) in [5.41, 5.74) is 2.41. The van der Waals surface area contributed by atoms with Gasteiger partial charge in [0.05, 0.1) is 18.5 Å². The van der Waals surface area contributed by atoms with Crippen LogP contribution < -0.4 is 14.2 Å². The number of rotatable bonds is 5. The second-order valence-electron chi connectivity index (χ2n) is 6.41. The van der Waals surface area contributed by atoms with Crippen LogP contribution in [-0.4, -0.2) is 25.4 Å². The Labute approximate surface area is 173 Å². The third-order valence-electron chi connectivity index (χ3n) is 4.52. The highest BCUT2D eigenvalue weighted by molar-refractivity contribution is 6.30. The van der Waals surface area contributed by atoms with Crippen molar-refractivity contribution < 1.29 is 19.3 Å². The molecule has 0 saturated heterocycles. The average Bonchev–Trinajstić information content (AvgIpc) is 2.77.